The number of hydrogen-bond donors (Lipinski definition) is 2. The molecule has 0 aromatic rings. The summed E-state index contributed by atoms with van der Waals surface area (Å²) in [6.07, 6.45) is -5.26. The third-order valence-electron chi connectivity index (χ3n) is 1.11. The molecule has 1 unspecified atom stereocenters. The van der Waals surface area contributed by atoms with Gasteiger partial charge in [-0.1, -0.05) is 0 Å². The van der Waals surface area contributed by atoms with Crippen molar-refractivity contribution < 1.29 is 13.2 Å². The van der Waals surface area contributed by atoms with Crippen LogP contribution in [0.15, 0.2) is 5.10 Å². The molecular weight excluding hydrogens is 147 g/mol. The van der Waals surface area contributed by atoms with Crippen molar-refractivity contribution in [2.45, 2.75) is 18.8 Å². The van der Waals surface area contributed by atoms with E-state index in [1.807, 2.05) is 0 Å². The van der Waals surface area contributed by atoms with Crippen molar-refractivity contribution in [3.63, 3.8) is 0 Å². The van der Waals surface area contributed by atoms with Crippen LogP contribution in [0.3, 0.4) is 0 Å². The van der Waals surface area contributed by atoms with Crippen LogP contribution in [0.4, 0.5) is 13.2 Å². The molecule has 10 heavy (non-hydrogen) atoms. The molecule has 0 aromatic carbocycles. The van der Waals surface area contributed by atoms with Gasteiger partial charge in [0.15, 0.2) is 0 Å². The number of hydrogen-bond acceptors (Lipinski definition) is 3. The summed E-state index contributed by atoms with van der Waals surface area (Å²) in [6.45, 7) is 0. The largest absolute Gasteiger partial charge is 0.431 e. The Morgan fingerprint density at radius 1 is 1.60 bits per heavy atom. The fourth-order valence-corrected chi connectivity index (χ4v) is 0.640. The van der Waals surface area contributed by atoms with Gasteiger partial charge >= 0.3 is 6.18 Å². The molecule has 3 nitrogen and oxygen atoms in total. The molecule has 6 heteroatoms. The number of alkyl halides is 3. The van der Waals surface area contributed by atoms with Gasteiger partial charge in [-0.3, -0.25) is 5.43 Å². The molecular formula is C4H6F3N3. The molecule has 0 aliphatic carbocycles. The number of halogens is 3. The van der Waals surface area contributed by atoms with Gasteiger partial charge in [0.05, 0.1) is 6.17 Å². The maximum atomic E-state index is 11.7. The second kappa shape index (κ2) is 2.12. The van der Waals surface area contributed by atoms with Crippen LogP contribution in [0.5, 0.6) is 0 Å². The van der Waals surface area contributed by atoms with Gasteiger partial charge in [-0.15, -0.1) is 0 Å². The molecule has 0 saturated carbocycles. The predicted molar refractivity (Wildman–Crippen MR) is 29.2 cm³/mol. The smallest absolute Gasteiger partial charge is 0.310 e. The molecule has 0 radical (unpaired) electrons. The summed E-state index contributed by atoms with van der Waals surface area (Å²) in [5.41, 5.74) is 6.38. The van der Waals surface area contributed by atoms with E-state index < -0.39 is 18.1 Å². The van der Waals surface area contributed by atoms with Crippen LogP contribution in [0.25, 0.3) is 0 Å². The van der Waals surface area contributed by atoms with Crippen molar-refractivity contribution in [3.8, 4) is 0 Å². The van der Waals surface area contributed by atoms with E-state index in [4.69, 9.17) is 5.73 Å². The summed E-state index contributed by atoms with van der Waals surface area (Å²) in [6, 6.07) is 0. The lowest BCUT2D eigenvalue weighted by molar-refractivity contribution is -0.0600. The lowest BCUT2D eigenvalue weighted by atomic mass is 10.2. The maximum Gasteiger partial charge on any atom is 0.431 e. The number of nitrogens with two attached hydrogens (primary N) is 1. The summed E-state index contributed by atoms with van der Waals surface area (Å²) in [5, 5.41) is 3.00. The number of rotatable bonds is 0. The SMILES string of the molecule is NC1CC(C(F)(F)F)=NN1. The van der Waals surface area contributed by atoms with Crippen molar-refractivity contribution in [1.29, 1.82) is 0 Å². The van der Waals surface area contributed by atoms with Gasteiger partial charge in [-0.25, -0.2) is 0 Å². The average Bonchev–Trinajstić information content (AvgIpc) is 2.11. The van der Waals surface area contributed by atoms with Gasteiger partial charge in [0, 0.05) is 6.42 Å². The van der Waals surface area contributed by atoms with Crippen molar-refractivity contribution in [2.75, 3.05) is 0 Å². The Labute approximate surface area is 55.1 Å². The quantitative estimate of drug-likeness (QED) is 0.521. The third-order valence-corrected chi connectivity index (χ3v) is 1.11. The second-order valence-corrected chi connectivity index (χ2v) is 2.00. The van der Waals surface area contributed by atoms with Crippen molar-refractivity contribution in [3.05, 3.63) is 0 Å². The van der Waals surface area contributed by atoms with E-state index in [0.717, 1.165) is 0 Å². The molecule has 0 fully saturated rings. The predicted octanol–water partition coefficient (Wildman–Crippen LogP) is 0.183. The fourth-order valence-electron chi connectivity index (χ4n) is 0.640. The number of nitrogens with zero attached hydrogens (tertiary/aromatic N) is 1. The molecule has 1 heterocycles. The van der Waals surface area contributed by atoms with Crippen LogP contribution < -0.4 is 11.2 Å². The van der Waals surface area contributed by atoms with Crippen LogP contribution >= 0.6 is 0 Å². The van der Waals surface area contributed by atoms with E-state index in [2.05, 4.69) is 10.5 Å². The highest BCUT2D eigenvalue weighted by Gasteiger charge is 2.39. The Kier molecular flexibility index (Phi) is 1.55. The Balaban J connectivity index is 2.60. The zero-order valence-electron chi connectivity index (χ0n) is 4.94. The average molecular weight is 153 g/mol. The first kappa shape index (κ1) is 7.33. The first-order chi connectivity index (χ1) is 4.50. The summed E-state index contributed by atoms with van der Waals surface area (Å²) in [4.78, 5) is 0. The van der Waals surface area contributed by atoms with Gasteiger partial charge in [0.2, 0.25) is 0 Å². The first-order valence-electron chi connectivity index (χ1n) is 2.65. The van der Waals surface area contributed by atoms with Crippen LogP contribution in [-0.4, -0.2) is 18.1 Å². The van der Waals surface area contributed by atoms with Crippen molar-refractivity contribution >= 4 is 5.71 Å². The molecule has 3 N–H and O–H groups in total. The van der Waals surface area contributed by atoms with Crippen molar-refractivity contribution in [2.24, 2.45) is 10.8 Å². The Morgan fingerprint density at radius 2 is 2.20 bits per heavy atom. The minimum absolute atomic E-state index is 0.247. The number of nitrogens with one attached hydrogen (secondary N) is 1. The van der Waals surface area contributed by atoms with Crippen LogP contribution in [0, 0.1) is 0 Å². The molecule has 0 amide bonds. The summed E-state index contributed by atoms with van der Waals surface area (Å²) >= 11 is 0. The lowest BCUT2D eigenvalue weighted by Gasteiger charge is -2.03. The van der Waals surface area contributed by atoms with Crippen molar-refractivity contribution in [1.82, 2.24) is 5.43 Å². The normalized spacial score (nSPS) is 26.0. The van der Waals surface area contributed by atoms with Gasteiger partial charge in [0.1, 0.15) is 5.71 Å². The lowest BCUT2D eigenvalue weighted by Crippen LogP contribution is -2.31. The molecule has 1 aliphatic heterocycles. The minimum Gasteiger partial charge on any atom is -0.310 e. The summed E-state index contributed by atoms with van der Waals surface area (Å²) in [7, 11) is 0. The monoisotopic (exact) mass is 153 g/mol. The molecule has 0 spiro atoms. The summed E-state index contributed by atoms with van der Waals surface area (Å²) in [5.74, 6) is 0. The van der Waals surface area contributed by atoms with Crippen LogP contribution in [0.1, 0.15) is 6.42 Å². The highest BCUT2D eigenvalue weighted by molar-refractivity contribution is 5.91. The van der Waals surface area contributed by atoms with E-state index in [1.54, 1.807) is 0 Å². The standard InChI is InChI=1S/C4H6F3N3/c5-4(6,7)2-1-3(8)10-9-2/h3,10H,1,8H2. The molecule has 0 aromatic heterocycles. The van der Waals surface area contributed by atoms with Gasteiger partial charge in [-0.05, 0) is 0 Å². The Hall–Kier alpha value is -0.780. The van der Waals surface area contributed by atoms with Gasteiger partial charge in [-0.2, -0.15) is 18.3 Å². The fraction of sp³-hybridized carbons (Fsp3) is 0.750. The van der Waals surface area contributed by atoms with E-state index >= 15 is 0 Å². The van der Waals surface area contributed by atoms with Crippen LogP contribution in [0.2, 0.25) is 0 Å². The van der Waals surface area contributed by atoms with Crippen LogP contribution in [-0.2, 0) is 0 Å². The summed E-state index contributed by atoms with van der Waals surface area (Å²) < 4.78 is 35.1. The third kappa shape index (κ3) is 1.38. The first-order valence-corrected chi connectivity index (χ1v) is 2.65. The molecule has 0 saturated heterocycles. The van der Waals surface area contributed by atoms with E-state index in [9.17, 15) is 13.2 Å². The minimum atomic E-state index is -4.33. The Bertz CT molecular complexity index is 162. The topological polar surface area (TPSA) is 50.4 Å². The molecule has 1 atom stereocenters. The molecule has 0 bridgehead atoms. The molecule has 58 valence electrons. The van der Waals surface area contributed by atoms with Gasteiger partial charge in [0.25, 0.3) is 0 Å². The molecule has 1 aliphatic rings. The maximum absolute atomic E-state index is 11.7. The Morgan fingerprint density at radius 3 is 2.40 bits per heavy atom. The van der Waals surface area contributed by atoms with E-state index in [1.165, 1.54) is 0 Å². The second-order valence-electron chi connectivity index (χ2n) is 2.00. The molecule has 1 rings (SSSR count). The van der Waals surface area contributed by atoms with E-state index in [0.29, 0.717) is 0 Å². The van der Waals surface area contributed by atoms with Gasteiger partial charge < -0.3 is 5.73 Å². The highest BCUT2D eigenvalue weighted by atomic mass is 19.4. The number of hydrazone groups is 1. The zero-order valence-corrected chi connectivity index (χ0v) is 4.94. The highest BCUT2D eigenvalue weighted by Crippen LogP contribution is 2.21. The van der Waals surface area contributed by atoms with E-state index in [-0.39, 0.29) is 6.42 Å². The zero-order chi connectivity index (χ0) is 7.78.